The van der Waals surface area contributed by atoms with Crippen LogP contribution in [0.25, 0.3) is 11.4 Å². The Kier molecular flexibility index (Phi) is 3.58. The standard InChI is InChI=1S/C19H20N4/c1-15-7-5-6-10-18(15)22-11-13-23(14-12-22)19-20-16-8-3-2-4-9-17(16)21-19/h2-10H,11-14H2,1H3. The van der Waals surface area contributed by atoms with E-state index >= 15 is 0 Å². The fourth-order valence-electron chi connectivity index (χ4n) is 3.16. The SMILES string of the molecule is Cc1ccccc1N1CCN(c2nc3cccccc-3n2)CC1. The molecule has 1 aromatic carbocycles. The van der Waals surface area contributed by atoms with E-state index in [0.717, 1.165) is 43.5 Å². The van der Waals surface area contributed by atoms with Crippen molar-refractivity contribution in [3.63, 3.8) is 0 Å². The van der Waals surface area contributed by atoms with Crippen molar-refractivity contribution in [2.75, 3.05) is 36.0 Å². The topological polar surface area (TPSA) is 32.3 Å². The predicted molar refractivity (Wildman–Crippen MR) is 94.3 cm³/mol. The van der Waals surface area contributed by atoms with Crippen LogP contribution in [0.2, 0.25) is 0 Å². The average Bonchev–Trinajstić information content (AvgIpc) is 2.86. The first kappa shape index (κ1) is 14.0. The van der Waals surface area contributed by atoms with E-state index in [1.165, 1.54) is 11.3 Å². The van der Waals surface area contributed by atoms with Crippen LogP contribution in [0.15, 0.2) is 54.6 Å². The summed E-state index contributed by atoms with van der Waals surface area (Å²) in [7, 11) is 0. The van der Waals surface area contributed by atoms with Gasteiger partial charge in [0.25, 0.3) is 0 Å². The van der Waals surface area contributed by atoms with Crippen molar-refractivity contribution in [1.82, 2.24) is 9.97 Å². The number of para-hydroxylation sites is 1. The Morgan fingerprint density at radius 3 is 1.91 bits per heavy atom. The lowest BCUT2D eigenvalue weighted by molar-refractivity contribution is 0.642. The molecule has 0 N–H and O–H groups in total. The molecule has 0 bridgehead atoms. The summed E-state index contributed by atoms with van der Waals surface area (Å²) in [5, 5.41) is 0. The van der Waals surface area contributed by atoms with E-state index in [-0.39, 0.29) is 0 Å². The van der Waals surface area contributed by atoms with E-state index in [9.17, 15) is 0 Å². The number of benzene rings is 1. The maximum atomic E-state index is 4.69. The van der Waals surface area contributed by atoms with E-state index in [0.29, 0.717) is 0 Å². The number of aryl methyl sites for hydroxylation is 1. The molecular weight excluding hydrogens is 284 g/mol. The van der Waals surface area contributed by atoms with Crippen molar-refractivity contribution in [3.8, 4) is 11.4 Å². The van der Waals surface area contributed by atoms with Crippen LogP contribution >= 0.6 is 0 Å². The van der Waals surface area contributed by atoms with E-state index in [4.69, 9.17) is 0 Å². The van der Waals surface area contributed by atoms with Gasteiger partial charge in [-0.25, -0.2) is 9.97 Å². The van der Waals surface area contributed by atoms with Gasteiger partial charge in [0.1, 0.15) is 0 Å². The highest BCUT2D eigenvalue weighted by Crippen LogP contribution is 2.25. The highest BCUT2D eigenvalue weighted by molar-refractivity contribution is 5.61. The molecule has 2 aliphatic heterocycles. The molecular formula is C19H20N4. The van der Waals surface area contributed by atoms with Gasteiger partial charge >= 0.3 is 0 Å². The minimum Gasteiger partial charge on any atom is -0.368 e. The van der Waals surface area contributed by atoms with E-state index in [1.807, 2.05) is 30.3 Å². The molecule has 4 nitrogen and oxygen atoms in total. The van der Waals surface area contributed by atoms with E-state index in [1.54, 1.807) is 0 Å². The summed E-state index contributed by atoms with van der Waals surface area (Å²) < 4.78 is 0. The number of fused-ring (bicyclic) bond motifs is 1. The molecule has 0 radical (unpaired) electrons. The lowest BCUT2D eigenvalue weighted by Crippen LogP contribution is -2.47. The summed E-state index contributed by atoms with van der Waals surface area (Å²) in [6.45, 7) is 6.09. The molecule has 23 heavy (non-hydrogen) atoms. The van der Waals surface area contributed by atoms with E-state index in [2.05, 4.69) is 51.0 Å². The van der Waals surface area contributed by atoms with Gasteiger partial charge in [0.05, 0.1) is 11.4 Å². The molecule has 4 rings (SSSR count). The van der Waals surface area contributed by atoms with Gasteiger partial charge in [-0.15, -0.1) is 0 Å². The van der Waals surface area contributed by atoms with Crippen molar-refractivity contribution in [1.29, 1.82) is 0 Å². The van der Waals surface area contributed by atoms with Crippen LogP contribution < -0.4 is 9.80 Å². The molecule has 1 saturated heterocycles. The lowest BCUT2D eigenvalue weighted by Gasteiger charge is -2.36. The Labute approximate surface area is 136 Å². The molecule has 1 aromatic rings. The van der Waals surface area contributed by atoms with Gasteiger partial charge in [-0.2, -0.15) is 0 Å². The summed E-state index contributed by atoms with van der Waals surface area (Å²) in [6.07, 6.45) is 0. The zero-order valence-corrected chi connectivity index (χ0v) is 13.3. The number of nitrogens with zero attached hydrogens (tertiary/aromatic N) is 4. The van der Waals surface area contributed by atoms with Gasteiger partial charge in [0.2, 0.25) is 5.95 Å². The summed E-state index contributed by atoms with van der Waals surface area (Å²) >= 11 is 0. The highest BCUT2D eigenvalue weighted by atomic mass is 15.3. The largest absolute Gasteiger partial charge is 0.368 e. The Bertz CT molecular complexity index is 747. The molecule has 1 aliphatic carbocycles. The van der Waals surface area contributed by atoms with Crippen molar-refractivity contribution in [3.05, 3.63) is 60.2 Å². The number of rotatable bonds is 2. The van der Waals surface area contributed by atoms with Crippen LogP contribution in [0.4, 0.5) is 11.6 Å². The molecule has 4 heteroatoms. The van der Waals surface area contributed by atoms with Crippen molar-refractivity contribution in [2.45, 2.75) is 6.92 Å². The first-order valence-electron chi connectivity index (χ1n) is 8.09. The van der Waals surface area contributed by atoms with Gasteiger partial charge in [-0.1, -0.05) is 36.4 Å². The van der Waals surface area contributed by atoms with Crippen LogP contribution in [0.1, 0.15) is 5.56 Å². The maximum absolute atomic E-state index is 4.69. The first-order chi connectivity index (χ1) is 11.3. The Balaban J connectivity index is 1.51. The van der Waals surface area contributed by atoms with Gasteiger partial charge in [-0.05, 0) is 30.7 Å². The second-order valence-electron chi connectivity index (χ2n) is 5.97. The summed E-state index contributed by atoms with van der Waals surface area (Å²) in [6, 6.07) is 18.7. The highest BCUT2D eigenvalue weighted by Gasteiger charge is 2.22. The molecule has 116 valence electrons. The number of aromatic nitrogens is 2. The monoisotopic (exact) mass is 304 g/mol. The molecule has 0 aromatic heterocycles. The zero-order valence-electron chi connectivity index (χ0n) is 13.3. The molecule has 2 heterocycles. The Hall–Kier alpha value is -2.62. The van der Waals surface area contributed by atoms with Crippen LogP contribution in [-0.4, -0.2) is 36.1 Å². The molecule has 0 atom stereocenters. The van der Waals surface area contributed by atoms with Crippen LogP contribution in [-0.2, 0) is 0 Å². The van der Waals surface area contributed by atoms with Crippen LogP contribution in [0.3, 0.4) is 0 Å². The van der Waals surface area contributed by atoms with Gasteiger partial charge in [0, 0.05) is 31.9 Å². The fourth-order valence-corrected chi connectivity index (χ4v) is 3.16. The summed E-state index contributed by atoms with van der Waals surface area (Å²) in [5.41, 5.74) is 4.61. The minimum atomic E-state index is 0.857. The number of hydrogen-bond donors (Lipinski definition) is 0. The van der Waals surface area contributed by atoms with Gasteiger partial charge < -0.3 is 9.80 Å². The van der Waals surface area contributed by atoms with Gasteiger partial charge in [-0.3, -0.25) is 0 Å². The smallest absolute Gasteiger partial charge is 0.226 e. The molecule has 1 fully saturated rings. The number of imidazole rings is 1. The third kappa shape index (κ3) is 2.72. The quantitative estimate of drug-likeness (QED) is 0.728. The lowest BCUT2D eigenvalue weighted by atomic mass is 10.1. The fraction of sp³-hybridized carbons (Fsp3) is 0.263. The van der Waals surface area contributed by atoms with Crippen molar-refractivity contribution in [2.24, 2.45) is 0 Å². The Morgan fingerprint density at radius 2 is 1.26 bits per heavy atom. The summed E-state index contributed by atoms with van der Waals surface area (Å²) in [4.78, 5) is 14.1. The second-order valence-corrected chi connectivity index (χ2v) is 5.97. The molecule has 0 saturated carbocycles. The van der Waals surface area contributed by atoms with Crippen LogP contribution in [0, 0.1) is 6.92 Å². The molecule has 0 amide bonds. The normalized spacial score (nSPS) is 15.2. The van der Waals surface area contributed by atoms with Gasteiger partial charge in [0.15, 0.2) is 0 Å². The molecule has 3 aliphatic rings. The van der Waals surface area contributed by atoms with Crippen LogP contribution in [0.5, 0.6) is 0 Å². The number of hydrogen-bond acceptors (Lipinski definition) is 4. The molecule has 0 unspecified atom stereocenters. The minimum absolute atomic E-state index is 0.857. The molecule has 0 spiro atoms. The number of piperazine rings is 1. The second kappa shape index (κ2) is 5.88. The third-order valence-corrected chi connectivity index (χ3v) is 4.45. The third-order valence-electron chi connectivity index (χ3n) is 4.45. The Morgan fingerprint density at radius 1 is 0.696 bits per heavy atom. The predicted octanol–water partition coefficient (Wildman–Crippen LogP) is 3.22. The first-order valence-corrected chi connectivity index (χ1v) is 8.09. The van der Waals surface area contributed by atoms with Crippen molar-refractivity contribution < 1.29 is 0 Å². The number of anilines is 2. The zero-order chi connectivity index (χ0) is 15.6. The van der Waals surface area contributed by atoms with E-state index < -0.39 is 0 Å². The maximum Gasteiger partial charge on any atom is 0.226 e. The average molecular weight is 304 g/mol. The van der Waals surface area contributed by atoms with Crippen molar-refractivity contribution >= 4 is 11.6 Å². The summed E-state index contributed by atoms with van der Waals surface area (Å²) in [5.74, 6) is 0.857.